The van der Waals surface area contributed by atoms with Crippen LogP contribution in [0.3, 0.4) is 0 Å². The van der Waals surface area contributed by atoms with E-state index in [1.54, 1.807) is 0 Å². The standard InChI is InChI=1S/CH4O3S.Ga.3H/c1-5(2,3)4;;;;/h1H3,(H,2,3,4);;;;. The monoisotopic (exact) mass is 168 g/mol. The maximum absolute atomic E-state index is 9.19. The van der Waals surface area contributed by atoms with Crippen LogP contribution in [0, 0.1) is 0 Å². The van der Waals surface area contributed by atoms with E-state index in [0.717, 1.165) is 0 Å². The molecule has 6 heavy (non-hydrogen) atoms. The van der Waals surface area contributed by atoms with Crippen molar-refractivity contribution in [2.75, 3.05) is 6.26 Å². The normalized spacial score (nSPS) is 9.67. The molecular formula is CH7GaO3S. The number of hydrogen-bond donors (Lipinski definition) is 1. The summed E-state index contributed by atoms with van der Waals surface area (Å²) in [5.41, 5.74) is 0. The Morgan fingerprint density at radius 3 is 1.50 bits per heavy atom. The van der Waals surface area contributed by atoms with E-state index in [1.807, 2.05) is 0 Å². The minimum atomic E-state index is -3.67. The van der Waals surface area contributed by atoms with Gasteiger partial charge in [0.15, 0.2) is 0 Å². The van der Waals surface area contributed by atoms with Crippen molar-refractivity contribution < 1.29 is 13.0 Å². The Morgan fingerprint density at radius 1 is 1.50 bits per heavy atom. The summed E-state index contributed by atoms with van der Waals surface area (Å²) in [5.74, 6) is 0. The molecule has 0 saturated heterocycles. The van der Waals surface area contributed by atoms with Gasteiger partial charge >= 0.3 is 19.8 Å². The molecule has 38 valence electrons. The first-order valence-electron chi connectivity index (χ1n) is 0.924. The Hall–Kier alpha value is 0.546. The topological polar surface area (TPSA) is 54.4 Å². The Balaban J connectivity index is 0. The quantitative estimate of drug-likeness (QED) is 0.348. The van der Waals surface area contributed by atoms with Gasteiger partial charge in [-0.2, -0.15) is 8.42 Å². The second kappa shape index (κ2) is 2.68. The van der Waals surface area contributed by atoms with Crippen LogP contribution in [0.1, 0.15) is 0 Å². The maximum atomic E-state index is 9.19. The van der Waals surface area contributed by atoms with Crippen molar-refractivity contribution in [3.63, 3.8) is 0 Å². The van der Waals surface area contributed by atoms with E-state index in [9.17, 15) is 8.42 Å². The van der Waals surface area contributed by atoms with E-state index in [0.29, 0.717) is 6.26 Å². The van der Waals surface area contributed by atoms with Crippen LogP contribution in [-0.2, 0) is 10.1 Å². The summed E-state index contributed by atoms with van der Waals surface area (Å²) in [6, 6.07) is 0. The molecule has 0 atom stereocenters. The first-order valence-corrected chi connectivity index (χ1v) is 2.77. The molecule has 3 nitrogen and oxygen atoms in total. The van der Waals surface area contributed by atoms with Crippen LogP contribution in [0.25, 0.3) is 0 Å². The van der Waals surface area contributed by atoms with Gasteiger partial charge in [0, 0.05) is 0 Å². The van der Waals surface area contributed by atoms with E-state index in [-0.39, 0.29) is 19.8 Å². The Morgan fingerprint density at radius 2 is 1.50 bits per heavy atom. The molecule has 0 aromatic rings. The first-order chi connectivity index (χ1) is 2.00. The summed E-state index contributed by atoms with van der Waals surface area (Å²) >= 11 is 0. The Labute approximate surface area is 49.5 Å². The fourth-order valence-electron chi connectivity index (χ4n) is 0. The van der Waals surface area contributed by atoms with Crippen molar-refractivity contribution in [2.45, 2.75) is 0 Å². The molecule has 0 fully saturated rings. The van der Waals surface area contributed by atoms with Gasteiger partial charge in [0.2, 0.25) is 0 Å². The van der Waals surface area contributed by atoms with Gasteiger partial charge in [-0.05, 0) is 0 Å². The van der Waals surface area contributed by atoms with Crippen LogP contribution < -0.4 is 0 Å². The van der Waals surface area contributed by atoms with Crippen LogP contribution >= 0.6 is 0 Å². The van der Waals surface area contributed by atoms with Gasteiger partial charge in [0.1, 0.15) is 0 Å². The van der Waals surface area contributed by atoms with Crippen molar-refractivity contribution in [1.82, 2.24) is 0 Å². The third kappa shape index (κ3) is 192. The van der Waals surface area contributed by atoms with Gasteiger partial charge in [0.05, 0.1) is 6.26 Å². The zero-order chi connectivity index (χ0) is 4.50. The molecule has 0 unspecified atom stereocenters. The third-order valence-corrected chi connectivity index (χ3v) is 0. The SMILES string of the molecule is CS(=O)(=O)O.[GaH3]. The summed E-state index contributed by atoms with van der Waals surface area (Å²) in [6.07, 6.45) is 0.715. The molecule has 0 bridgehead atoms. The molecule has 0 heterocycles. The minimum absolute atomic E-state index is 0. The first kappa shape index (κ1) is 9.74. The molecule has 0 aliphatic rings. The number of hydrogen-bond acceptors (Lipinski definition) is 2. The molecule has 0 saturated carbocycles. The van der Waals surface area contributed by atoms with Crippen LogP contribution in [0.2, 0.25) is 0 Å². The summed E-state index contributed by atoms with van der Waals surface area (Å²) < 4.78 is 25.9. The van der Waals surface area contributed by atoms with E-state index in [1.165, 1.54) is 0 Å². The van der Waals surface area contributed by atoms with Crippen LogP contribution in [0.4, 0.5) is 0 Å². The van der Waals surface area contributed by atoms with Crippen molar-refractivity contribution in [1.29, 1.82) is 0 Å². The molecule has 1 N–H and O–H groups in total. The van der Waals surface area contributed by atoms with Gasteiger partial charge < -0.3 is 0 Å². The van der Waals surface area contributed by atoms with Crippen LogP contribution in [0.15, 0.2) is 0 Å². The van der Waals surface area contributed by atoms with E-state index >= 15 is 0 Å². The van der Waals surface area contributed by atoms with E-state index < -0.39 is 10.1 Å². The van der Waals surface area contributed by atoms with Gasteiger partial charge in [-0.25, -0.2) is 0 Å². The zero-order valence-corrected chi connectivity index (χ0v) is 3.49. The fraction of sp³-hybridized carbons (Fsp3) is 1.00. The summed E-state index contributed by atoms with van der Waals surface area (Å²) in [5, 5.41) is 0. The average Bonchev–Trinajstić information content (AvgIpc) is 0.722. The summed E-state index contributed by atoms with van der Waals surface area (Å²) in [6.45, 7) is 0. The predicted molar refractivity (Wildman–Crippen MR) is 27.4 cm³/mol. The molecule has 5 heteroatoms. The fourth-order valence-corrected chi connectivity index (χ4v) is 0. The second-order valence-corrected chi connectivity index (χ2v) is 2.20. The molecule has 0 aromatic carbocycles. The molecule has 0 amide bonds. The molecule has 0 radical (unpaired) electrons. The summed E-state index contributed by atoms with van der Waals surface area (Å²) in [4.78, 5) is 0. The van der Waals surface area contributed by atoms with Crippen molar-refractivity contribution >= 4 is 29.9 Å². The van der Waals surface area contributed by atoms with Gasteiger partial charge in [-0.3, -0.25) is 4.55 Å². The molecule has 0 spiro atoms. The van der Waals surface area contributed by atoms with Gasteiger partial charge in [-0.1, -0.05) is 0 Å². The van der Waals surface area contributed by atoms with Crippen molar-refractivity contribution in [3.05, 3.63) is 0 Å². The molecule has 0 rings (SSSR count). The Bertz CT molecular complexity index is 94.0. The molecular weight excluding hydrogens is 162 g/mol. The van der Waals surface area contributed by atoms with Gasteiger partial charge in [0.25, 0.3) is 10.1 Å². The molecule has 0 aliphatic carbocycles. The summed E-state index contributed by atoms with van der Waals surface area (Å²) in [7, 11) is -3.67. The van der Waals surface area contributed by atoms with Crippen molar-refractivity contribution in [2.24, 2.45) is 0 Å². The van der Waals surface area contributed by atoms with Crippen LogP contribution in [-0.4, -0.2) is 39.0 Å². The van der Waals surface area contributed by atoms with E-state index in [2.05, 4.69) is 0 Å². The van der Waals surface area contributed by atoms with E-state index in [4.69, 9.17) is 4.55 Å². The zero-order valence-electron chi connectivity index (χ0n) is 2.67. The third-order valence-electron chi connectivity index (χ3n) is 0. The molecule has 0 aliphatic heterocycles. The average molecular weight is 169 g/mol. The predicted octanol–water partition coefficient (Wildman–Crippen LogP) is -1.68. The number of rotatable bonds is 0. The molecule has 0 aromatic heterocycles. The second-order valence-electron chi connectivity index (χ2n) is 0.733. The Kier molecular flexibility index (Phi) is 4.34. The van der Waals surface area contributed by atoms with Crippen molar-refractivity contribution in [3.8, 4) is 0 Å². The van der Waals surface area contributed by atoms with Gasteiger partial charge in [-0.15, -0.1) is 0 Å². The van der Waals surface area contributed by atoms with Crippen LogP contribution in [0.5, 0.6) is 0 Å².